The van der Waals surface area contributed by atoms with E-state index in [-0.39, 0.29) is 23.6 Å². The summed E-state index contributed by atoms with van der Waals surface area (Å²) < 4.78 is 0.923. The maximum absolute atomic E-state index is 12.5. The van der Waals surface area contributed by atoms with Crippen molar-refractivity contribution in [1.82, 2.24) is 10.3 Å². The van der Waals surface area contributed by atoms with Crippen molar-refractivity contribution in [3.05, 3.63) is 5.69 Å². The van der Waals surface area contributed by atoms with Gasteiger partial charge >= 0.3 is 0 Å². The number of carbonyl (C=O) groups excluding carboxylic acids is 2. The van der Waals surface area contributed by atoms with E-state index in [1.54, 1.807) is 0 Å². The first kappa shape index (κ1) is 16.7. The molecule has 23 heavy (non-hydrogen) atoms. The summed E-state index contributed by atoms with van der Waals surface area (Å²) in [4.78, 5) is 27.7. The first-order valence-corrected chi connectivity index (χ1v) is 9.78. The molecule has 1 saturated carbocycles. The number of hydrogen-bond acceptors (Lipinski definition) is 6. The quantitative estimate of drug-likeness (QED) is 0.702. The van der Waals surface area contributed by atoms with Crippen LogP contribution in [0.25, 0.3) is 0 Å². The second-order valence-corrected chi connectivity index (χ2v) is 8.49. The number of hydrogen-bond donors (Lipinski definition) is 3. The molecule has 3 rings (SSSR count). The third kappa shape index (κ3) is 4.05. The highest BCUT2D eigenvalue weighted by Gasteiger charge is 2.38. The second kappa shape index (κ2) is 7.19. The first-order chi connectivity index (χ1) is 11.0. The van der Waals surface area contributed by atoms with Crippen molar-refractivity contribution in [2.45, 2.75) is 55.3 Å². The number of nitrogens with one attached hydrogen (secondary N) is 2. The number of rotatable bonds is 5. The summed E-state index contributed by atoms with van der Waals surface area (Å²) in [6.45, 7) is 1.87. The SMILES string of the molecule is Cc1nc(NC(=O)C2CC3CCCCC3N2)sc1SCC(N)=O. The maximum atomic E-state index is 12.5. The van der Waals surface area contributed by atoms with E-state index in [1.165, 1.54) is 48.8 Å². The fourth-order valence-corrected chi connectivity index (χ4v) is 5.30. The van der Waals surface area contributed by atoms with Crippen LogP contribution in [0.5, 0.6) is 0 Å². The number of anilines is 1. The van der Waals surface area contributed by atoms with Gasteiger partial charge in [0.2, 0.25) is 11.8 Å². The summed E-state index contributed by atoms with van der Waals surface area (Å²) in [6.07, 6.45) is 5.87. The molecule has 6 nitrogen and oxygen atoms in total. The molecule has 1 saturated heterocycles. The van der Waals surface area contributed by atoms with Gasteiger partial charge < -0.3 is 16.4 Å². The van der Waals surface area contributed by atoms with Crippen LogP contribution in [0.2, 0.25) is 0 Å². The molecule has 1 aromatic heterocycles. The van der Waals surface area contributed by atoms with Gasteiger partial charge in [-0.2, -0.15) is 0 Å². The number of aromatic nitrogens is 1. The second-order valence-electron chi connectivity index (χ2n) is 6.24. The normalized spacial score (nSPS) is 26.7. The lowest BCUT2D eigenvalue weighted by Gasteiger charge is -2.24. The molecule has 2 amide bonds. The molecule has 0 bridgehead atoms. The number of aryl methyl sites for hydroxylation is 1. The highest BCUT2D eigenvalue weighted by Crippen LogP contribution is 2.35. The largest absolute Gasteiger partial charge is 0.369 e. The Bertz CT molecular complexity index is 590. The van der Waals surface area contributed by atoms with Crippen molar-refractivity contribution >= 4 is 40.0 Å². The Labute approximate surface area is 144 Å². The number of nitrogens with two attached hydrogens (primary N) is 1. The van der Waals surface area contributed by atoms with Crippen LogP contribution >= 0.6 is 23.1 Å². The molecule has 8 heteroatoms. The molecular formula is C15H22N4O2S2. The van der Waals surface area contributed by atoms with Crippen molar-refractivity contribution < 1.29 is 9.59 Å². The van der Waals surface area contributed by atoms with E-state index >= 15 is 0 Å². The number of amides is 2. The molecule has 3 atom stereocenters. The zero-order valence-electron chi connectivity index (χ0n) is 13.1. The van der Waals surface area contributed by atoms with Gasteiger partial charge in [-0.25, -0.2) is 4.98 Å². The molecule has 0 radical (unpaired) electrons. The van der Waals surface area contributed by atoms with E-state index in [0.29, 0.717) is 17.1 Å². The van der Waals surface area contributed by atoms with Gasteiger partial charge in [0.15, 0.2) is 5.13 Å². The van der Waals surface area contributed by atoms with Crippen LogP contribution in [0, 0.1) is 12.8 Å². The number of nitrogens with zero attached hydrogens (tertiary/aromatic N) is 1. The maximum Gasteiger partial charge on any atom is 0.243 e. The molecule has 1 aliphatic heterocycles. The summed E-state index contributed by atoms with van der Waals surface area (Å²) in [7, 11) is 0. The number of thioether (sulfide) groups is 1. The summed E-state index contributed by atoms with van der Waals surface area (Å²) in [5.74, 6) is 0.509. The monoisotopic (exact) mass is 354 g/mol. The topological polar surface area (TPSA) is 97.1 Å². The number of primary amides is 1. The van der Waals surface area contributed by atoms with Gasteiger partial charge in [0.1, 0.15) is 0 Å². The summed E-state index contributed by atoms with van der Waals surface area (Å²) in [6, 6.07) is 0.383. The summed E-state index contributed by atoms with van der Waals surface area (Å²) in [5, 5.41) is 6.99. The molecule has 126 valence electrons. The molecule has 4 N–H and O–H groups in total. The molecule has 2 fully saturated rings. The van der Waals surface area contributed by atoms with Crippen LogP contribution in [0.15, 0.2) is 4.21 Å². The van der Waals surface area contributed by atoms with E-state index in [1.807, 2.05) is 6.92 Å². The van der Waals surface area contributed by atoms with Crippen LogP contribution < -0.4 is 16.4 Å². The van der Waals surface area contributed by atoms with Gasteiger partial charge in [-0.3, -0.25) is 9.59 Å². The van der Waals surface area contributed by atoms with Gasteiger partial charge in [-0.15, -0.1) is 11.8 Å². The molecule has 2 aliphatic rings. The van der Waals surface area contributed by atoms with E-state index in [0.717, 1.165) is 16.3 Å². The van der Waals surface area contributed by atoms with Gasteiger partial charge in [-0.05, 0) is 32.1 Å². The van der Waals surface area contributed by atoms with Crippen molar-refractivity contribution in [3.63, 3.8) is 0 Å². The van der Waals surface area contributed by atoms with Gasteiger partial charge in [0.25, 0.3) is 0 Å². The first-order valence-electron chi connectivity index (χ1n) is 7.98. The van der Waals surface area contributed by atoms with E-state index in [4.69, 9.17) is 5.73 Å². The van der Waals surface area contributed by atoms with Gasteiger partial charge in [-0.1, -0.05) is 24.2 Å². The van der Waals surface area contributed by atoms with Crippen LogP contribution in [0.4, 0.5) is 5.13 Å². The molecule has 1 aromatic rings. The Morgan fingerprint density at radius 3 is 2.96 bits per heavy atom. The molecule has 1 aliphatic carbocycles. The molecule has 0 spiro atoms. The lowest BCUT2D eigenvalue weighted by atomic mass is 9.85. The Balaban J connectivity index is 1.57. The van der Waals surface area contributed by atoms with Gasteiger partial charge in [0, 0.05) is 6.04 Å². The Morgan fingerprint density at radius 2 is 2.22 bits per heavy atom. The molecule has 3 unspecified atom stereocenters. The number of carbonyl (C=O) groups is 2. The smallest absolute Gasteiger partial charge is 0.243 e. The van der Waals surface area contributed by atoms with Crippen molar-refractivity contribution in [2.24, 2.45) is 11.7 Å². The van der Waals surface area contributed by atoms with Crippen molar-refractivity contribution in [2.75, 3.05) is 11.1 Å². The third-order valence-electron chi connectivity index (χ3n) is 4.51. The fourth-order valence-electron chi connectivity index (χ4n) is 3.42. The van der Waals surface area contributed by atoms with E-state index < -0.39 is 0 Å². The lowest BCUT2D eigenvalue weighted by molar-refractivity contribution is -0.118. The third-order valence-corrected chi connectivity index (χ3v) is 6.97. The minimum Gasteiger partial charge on any atom is -0.369 e. The Kier molecular flexibility index (Phi) is 5.23. The predicted octanol–water partition coefficient (Wildman–Crippen LogP) is 1.89. The zero-order valence-corrected chi connectivity index (χ0v) is 14.8. The highest BCUT2D eigenvalue weighted by molar-refractivity contribution is 8.01. The van der Waals surface area contributed by atoms with Crippen LogP contribution in [0.1, 0.15) is 37.8 Å². The standard InChI is InChI=1S/C15H22N4O2S2/c1-8-14(22-7-12(16)20)23-15(17-8)19-13(21)11-6-9-4-2-3-5-10(9)18-11/h9-11,18H,2-7H2,1H3,(H2,16,20)(H,17,19,21). The predicted molar refractivity (Wildman–Crippen MR) is 92.7 cm³/mol. The average Bonchev–Trinajstić information content (AvgIpc) is 3.08. The van der Waals surface area contributed by atoms with Crippen molar-refractivity contribution in [1.29, 1.82) is 0 Å². The minimum atomic E-state index is -0.355. The Hall–Kier alpha value is -1.12. The van der Waals surface area contributed by atoms with E-state index in [2.05, 4.69) is 15.6 Å². The van der Waals surface area contributed by atoms with Crippen molar-refractivity contribution in [3.8, 4) is 0 Å². The number of fused-ring (bicyclic) bond motifs is 1. The lowest BCUT2D eigenvalue weighted by Crippen LogP contribution is -2.39. The zero-order chi connectivity index (χ0) is 16.4. The minimum absolute atomic E-state index is 0.000369. The average molecular weight is 355 g/mol. The van der Waals surface area contributed by atoms with Gasteiger partial charge in [0.05, 0.1) is 21.7 Å². The summed E-state index contributed by atoms with van der Waals surface area (Å²) >= 11 is 2.76. The summed E-state index contributed by atoms with van der Waals surface area (Å²) in [5.41, 5.74) is 5.99. The molecular weight excluding hydrogens is 332 g/mol. The van der Waals surface area contributed by atoms with Crippen LogP contribution in [-0.2, 0) is 9.59 Å². The molecule has 2 heterocycles. The van der Waals surface area contributed by atoms with Crippen LogP contribution in [0.3, 0.4) is 0 Å². The fraction of sp³-hybridized carbons (Fsp3) is 0.667. The highest BCUT2D eigenvalue weighted by atomic mass is 32.2. The van der Waals surface area contributed by atoms with Crippen LogP contribution in [-0.4, -0.2) is 34.6 Å². The Morgan fingerprint density at radius 1 is 1.43 bits per heavy atom. The molecule has 0 aromatic carbocycles. The number of thiazole rings is 1. The van der Waals surface area contributed by atoms with E-state index in [9.17, 15) is 9.59 Å².